The lowest BCUT2D eigenvalue weighted by atomic mass is 10.1. The Kier molecular flexibility index (Phi) is 37.0. The largest absolute Gasteiger partial charge is 0.460 e. The molecule has 28 nitrogen and oxygen atoms in total. The maximum atomic E-state index is 13.2. The number of nitrogens with one attached hydrogen (secondary N) is 4. The highest BCUT2D eigenvalue weighted by Crippen LogP contribution is 2.45. The molecule has 2 aromatic carbocycles. The Balaban J connectivity index is 2.26. The van der Waals surface area contributed by atoms with Gasteiger partial charge in [-0.25, -0.2) is 38.4 Å². The van der Waals surface area contributed by atoms with Crippen LogP contribution in [-0.2, 0) is 76.0 Å². The Morgan fingerprint density at radius 1 is 0.295 bits per heavy atom. The molecule has 0 atom stereocenters. The van der Waals surface area contributed by atoms with Crippen LogP contribution in [0.3, 0.4) is 0 Å². The van der Waals surface area contributed by atoms with Crippen LogP contribution in [-0.4, -0.2) is 207 Å². The van der Waals surface area contributed by atoms with E-state index in [0.29, 0.717) is 0 Å². The molecule has 0 spiro atoms. The van der Waals surface area contributed by atoms with E-state index in [2.05, 4.69) is 47.6 Å². The summed E-state index contributed by atoms with van der Waals surface area (Å²) < 4.78 is 85.2. The van der Waals surface area contributed by atoms with Crippen LogP contribution in [0.4, 0.5) is 19.2 Å². The lowest BCUT2D eigenvalue weighted by Gasteiger charge is -2.18. The third-order valence-electron chi connectivity index (χ3n) is 8.92. The van der Waals surface area contributed by atoms with Crippen molar-refractivity contribution in [3.8, 4) is 23.0 Å². The third kappa shape index (κ3) is 32.0. The van der Waals surface area contributed by atoms with Crippen LogP contribution in [0.25, 0.3) is 10.8 Å². The van der Waals surface area contributed by atoms with Crippen molar-refractivity contribution in [1.29, 1.82) is 0 Å². The minimum absolute atomic E-state index is 0.0276. The lowest BCUT2D eigenvalue weighted by molar-refractivity contribution is -0.140. The van der Waals surface area contributed by atoms with E-state index in [0.717, 1.165) is 24.3 Å². The van der Waals surface area contributed by atoms with Gasteiger partial charge in [0.1, 0.15) is 49.4 Å². The van der Waals surface area contributed by atoms with Crippen LogP contribution in [0.2, 0.25) is 0 Å². The molecule has 0 radical (unpaired) electrons. The van der Waals surface area contributed by atoms with Crippen LogP contribution in [0.15, 0.2) is 74.9 Å². The van der Waals surface area contributed by atoms with Gasteiger partial charge in [0.15, 0.2) is 0 Å². The van der Waals surface area contributed by atoms with Gasteiger partial charge in [0.05, 0.1) is 116 Å². The van der Waals surface area contributed by atoms with Gasteiger partial charge in [0.25, 0.3) is 0 Å². The van der Waals surface area contributed by atoms with Gasteiger partial charge in [-0.3, -0.25) is 0 Å². The fraction of sp³-hybridized carbons (Fsp3) is 0.480. The Bertz CT molecular complexity index is 1910. The molecule has 2 aromatic rings. The van der Waals surface area contributed by atoms with Gasteiger partial charge in [0, 0.05) is 50.5 Å². The van der Waals surface area contributed by atoms with Crippen LogP contribution in [0.5, 0.6) is 23.0 Å². The van der Waals surface area contributed by atoms with Crippen molar-refractivity contribution in [2.24, 2.45) is 0 Å². The fourth-order valence-corrected chi connectivity index (χ4v) is 5.49. The molecule has 0 aliphatic carbocycles. The number of benzene rings is 2. The summed E-state index contributed by atoms with van der Waals surface area (Å²) in [6, 6.07) is 4.98. The van der Waals surface area contributed by atoms with E-state index in [1.54, 1.807) is 0 Å². The summed E-state index contributed by atoms with van der Waals surface area (Å²) in [6.07, 6.45) is 0.155. The topological polar surface area (TPSA) is 332 Å². The second-order valence-electron chi connectivity index (χ2n) is 14.5. The molecule has 0 fully saturated rings. The molecule has 2 rings (SSSR count). The van der Waals surface area contributed by atoms with Crippen LogP contribution in [0, 0.1) is 0 Å². The zero-order valence-corrected chi connectivity index (χ0v) is 43.2. The number of amides is 4. The second kappa shape index (κ2) is 43.4. The number of esters is 4. The normalized spacial score (nSPS) is 10.5. The van der Waals surface area contributed by atoms with Gasteiger partial charge < -0.3 is 97.1 Å². The third-order valence-corrected chi connectivity index (χ3v) is 8.92. The highest BCUT2D eigenvalue weighted by Gasteiger charge is 2.24. The Morgan fingerprint density at radius 2 is 0.474 bits per heavy atom. The van der Waals surface area contributed by atoms with Crippen LogP contribution >= 0.6 is 0 Å². The summed E-state index contributed by atoms with van der Waals surface area (Å²) in [5, 5.41) is 9.77. The maximum absolute atomic E-state index is 13.2. The molecule has 0 heterocycles. The standard InChI is InChI=1S/C50H68N4O24/c1-5-41(55)71-33-29-67-25-21-63-17-13-51-47(59)75-37-9-10-39(77-49(61)53-15-19-65-23-27-69-31-35-73-43(57)7-3)46-40(78-50(62)54-16-20-66-24-28-70-32-36-74-44(58)8-4)12-11-38(45(37)46)76-48(60)52-14-18-64-22-26-68-30-34-72-42(56)6-2/h5-12H,1-4,13-36H2,(H,51,59)(H,52,60)(H,53,61)(H,54,62). The summed E-state index contributed by atoms with van der Waals surface area (Å²) in [5.74, 6) is -3.31. The molecule has 0 bridgehead atoms. The zero-order valence-electron chi connectivity index (χ0n) is 43.2. The first kappa shape index (κ1) is 66.4. The predicted octanol–water partition coefficient (Wildman–Crippen LogP) is 2.24. The summed E-state index contributed by atoms with van der Waals surface area (Å²) in [7, 11) is 0. The number of hydrogen-bond acceptors (Lipinski definition) is 24. The lowest BCUT2D eigenvalue weighted by Crippen LogP contribution is -2.32. The molecule has 0 aliphatic rings. The van der Waals surface area contributed by atoms with Gasteiger partial charge in [-0.15, -0.1) is 0 Å². The molecule has 0 saturated heterocycles. The van der Waals surface area contributed by atoms with Gasteiger partial charge in [-0.05, 0) is 24.3 Å². The van der Waals surface area contributed by atoms with Gasteiger partial charge in [-0.2, -0.15) is 0 Å². The highest BCUT2D eigenvalue weighted by atomic mass is 16.6. The first-order valence-electron chi connectivity index (χ1n) is 24.1. The number of carbonyl (C=O) groups excluding carboxylic acids is 8. The van der Waals surface area contributed by atoms with Crippen molar-refractivity contribution in [2.75, 3.05) is 158 Å². The zero-order chi connectivity index (χ0) is 56.9. The van der Waals surface area contributed by atoms with Crippen molar-refractivity contribution in [1.82, 2.24) is 21.3 Å². The summed E-state index contributed by atoms with van der Waals surface area (Å²) in [6.45, 7) is 15.0. The fourth-order valence-electron chi connectivity index (χ4n) is 5.49. The SMILES string of the molecule is C=CC(=O)OCCOCCOCCNC(=O)Oc1ccc(OC(=O)NCCOCCOCCOC(=O)C=C)c2c(OC(=O)NCCOCCOCCOC(=O)C=C)ccc(OC(=O)NCCOCCOCCOC(=O)C=C)c12. The number of ether oxygens (including phenoxy) is 16. The van der Waals surface area contributed by atoms with Crippen molar-refractivity contribution < 1.29 is 114 Å². The predicted molar refractivity (Wildman–Crippen MR) is 271 cm³/mol. The average molecular weight is 1110 g/mol. The number of fused-ring (bicyclic) bond motifs is 1. The molecule has 4 N–H and O–H groups in total. The van der Waals surface area contributed by atoms with Gasteiger partial charge in [0.2, 0.25) is 0 Å². The quantitative estimate of drug-likeness (QED) is 0.0320. The molecule has 432 valence electrons. The van der Waals surface area contributed by atoms with Crippen molar-refractivity contribution in [2.45, 2.75) is 0 Å². The van der Waals surface area contributed by atoms with E-state index < -0.39 is 48.3 Å². The van der Waals surface area contributed by atoms with Gasteiger partial charge >= 0.3 is 48.3 Å². The van der Waals surface area contributed by atoms with E-state index in [1.165, 1.54) is 24.3 Å². The van der Waals surface area contributed by atoms with E-state index in [9.17, 15) is 38.4 Å². The van der Waals surface area contributed by atoms with Crippen LogP contribution < -0.4 is 40.2 Å². The summed E-state index contributed by atoms with van der Waals surface area (Å²) >= 11 is 0. The molecular weight excluding hydrogens is 1040 g/mol. The Morgan fingerprint density at radius 3 is 0.667 bits per heavy atom. The molecule has 0 unspecified atom stereocenters. The first-order chi connectivity index (χ1) is 37.9. The van der Waals surface area contributed by atoms with Crippen molar-refractivity contribution >= 4 is 59.0 Å². The maximum Gasteiger partial charge on any atom is 0.412 e. The molecule has 4 amide bonds. The molecule has 0 saturated carbocycles. The summed E-state index contributed by atoms with van der Waals surface area (Å²) in [5.41, 5.74) is 0. The summed E-state index contributed by atoms with van der Waals surface area (Å²) in [4.78, 5) is 97.5. The molecule has 0 aromatic heterocycles. The minimum Gasteiger partial charge on any atom is -0.460 e. The first-order valence-corrected chi connectivity index (χ1v) is 24.1. The van der Waals surface area contributed by atoms with Gasteiger partial charge in [-0.1, -0.05) is 26.3 Å². The van der Waals surface area contributed by atoms with E-state index in [-0.39, 0.29) is 192 Å². The molecule has 28 heteroatoms. The molecular formula is C50H68N4O24. The number of carbonyl (C=O) groups is 8. The smallest absolute Gasteiger partial charge is 0.412 e. The molecule has 78 heavy (non-hydrogen) atoms. The van der Waals surface area contributed by atoms with Crippen LogP contribution in [0.1, 0.15) is 0 Å². The van der Waals surface area contributed by atoms with Crippen molar-refractivity contribution in [3.05, 3.63) is 74.9 Å². The monoisotopic (exact) mass is 1110 g/mol. The van der Waals surface area contributed by atoms with Crippen molar-refractivity contribution in [3.63, 3.8) is 0 Å². The second-order valence-corrected chi connectivity index (χ2v) is 14.5. The average Bonchev–Trinajstić information content (AvgIpc) is 3.50. The van der Waals surface area contributed by atoms with E-state index in [4.69, 9.17) is 75.8 Å². The Hall–Kier alpha value is -7.70. The van der Waals surface area contributed by atoms with E-state index in [1.807, 2.05) is 0 Å². The molecule has 0 aliphatic heterocycles. The van der Waals surface area contributed by atoms with E-state index >= 15 is 0 Å². The number of rotatable bonds is 44. The Labute approximate surface area is 449 Å². The highest BCUT2D eigenvalue weighted by molar-refractivity contribution is 6.05. The minimum atomic E-state index is -0.993. The number of hydrogen-bond donors (Lipinski definition) is 4.